The van der Waals surface area contributed by atoms with E-state index < -0.39 is 5.91 Å². The second-order valence-electron chi connectivity index (χ2n) is 10.8. The molecular weight excluding hydrogens is 690 g/mol. The van der Waals surface area contributed by atoms with Crippen molar-refractivity contribution < 1.29 is 44.0 Å². The molecule has 0 saturated carbocycles. The number of aromatic nitrogens is 5. The molecule has 1 aliphatic heterocycles. The van der Waals surface area contributed by atoms with Crippen LogP contribution in [0.1, 0.15) is 12.5 Å². The third-order valence-corrected chi connectivity index (χ3v) is 7.30. The van der Waals surface area contributed by atoms with Gasteiger partial charge in [-0.1, -0.05) is 5.92 Å². The number of fused-ring (bicyclic) bond motifs is 2. The van der Waals surface area contributed by atoms with Crippen LogP contribution in [0.5, 0.6) is 17.2 Å². The number of hydrogen-bond acceptors (Lipinski definition) is 13. The number of carboxylic acid groups (broad SMARTS) is 3. The minimum absolute atomic E-state index is 0.250. The Kier molecular flexibility index (Phi) is 16.4. The monoisotopic (exact) mass is 729 g/mol. The normalized spacial score (nSPS) is 12.1. The molecule has 18 heteroatoms. The van der Waals surface area contributed by atoms with Crippen molar-refractivity contribution in [3.63, 3.8) is 0 Å². The number of nitrogens with one attached hydrogen (secondary N) is 2. The largest absolute Gasteiger partial charge is 0.492 e. The van der Waals surface area contributed by atoms with Gasteiger partial charge in [0.15, 0.2) is 5.65 Å². The number of carbonyl (C=O) groups is 4. The third kappa shape index (κ3) is 12.5. The van der Waals surface area contributed by atoms with E-state index in [2.05, 4.69) is 59.4 Å². The summed E-state index contributed by atoms with van der Waals surface area (Å²) in [5, 5.41) is 31.8. The molecule has 1 amide bonds. The molecule has 0 atom stereocenters. The van der Waals surface area contributed by atoms with Crippen molar-refractivity contribution in [2.75, 3.05) is 57.0 Å². The van der Waals surface area contributed by atoms with Crippen LogP contribution in [0.15, 0.2) is 61.3 Å². The molecule has 5 N–H and O–H groups in total. The molecule has 1 fully saturated rings. The van der Waals surface area contributed by atoms with Gasteiger partial charge in [-0.25, -0.2) is 19.5 Å². The molecule has 0 aliphatic carbocycles. The number of aryl methyl sites for hydroxylation is 1. The first-order valence-electron chi connectivity index (χ1n) is 15.9. The van der Waals surface area contributed by atoms with Gasteiger partial charge in [0.05, 0.1) is 24.4 Å². The fourth-order valence-corrected chi connectivity index (χ4v) is 4.91. The quantitative estimate of drug-likeness (QED) is 0.114. The summed E-state index contributed by atoms with van der Waals surface area (Å²) in [6.07, 6.45) is 4.80. The number of rotatable bonds is 8. The van der Waals surface area contributed by atoms with Gasteiger partial charge >= 0.3 is 0 Å². The number of pyridine rings is 1. The second kappa shape index (κ2) is 21.4. The number of hydrogen-bond donors (Lipinski definition) is 5. The number of carbonyl (C=O) groups excluding carboxylic acids is 1. The highest BCUT2D eigenvalue weighted by molar-refractivity contribution is 6.06. The molecule has 2 aromatic carbocycles. The molecule has 5 aromatic rings. The summed E-state index contributed by atoms with van der Waals surface area (Å²) in [4.78, 5) is 55.5. The average Bonchev–Trinajstić information content (AvgIpc) is 3.60. The van der Waals surface area contributed by atoms with Crippen LogP contribution in [-0.2, 0) is 19.2 Å². The van der Waals surface area contributed by atoms with Crippen LogP contribution in [0.25, 0.3) is 16.6 Å². The van der Waals surface area contributed by atoms with Crippen molar-refractivity contribution >= 4 is 59.1 Å². The Morgan fingerprint density at radius 3 is 2.32 bits per heavy atom. The molecule has 0 unspecified atom stereocenters. The summed E-state index contributed by atoms with van der Waals surface area (Å²) in [6, 6.07) is 13.1. The van der Waals surface area contributed by atoms with Crippen LogP contribution in [0.2, 0.25) is 0 Å². The lowest BCUT2D eigenvalue weighted by atomic mass is 10.1. The number of ether oxygens (including phenoxy) is 2. The predicted octanol–water partition coefficient (Wildman–Crippen LogP) is 3.21. The van der Waals surface area contributed by atoms with E-state index in [0.717, 1.165) is 42.8 Å². The molecule has 4 heterocycles. The Hall–Kier alpha value is -6.84. The molecule has 1 aliphatic rings. The zero-order chi connectivity index (χ0) is 38.6. The predicted molar refractivity (Wildman–Crippen MR) is 195 cm³/mol. The Balaban J connectivity index is 0.000000765. The van der Waals surface area contributed by atoms with Gasteiger partial charge in [0, 0.05) is 55.6 Å². The smallest absolute Gasteiger partial charge is 0.300 e. The third-order valence-electron chi connectivity index (χ3n) is 7.30. The first kappa shape index (κ1) is 40.6. The molecule has 1 saturated heterocycles. The fourth-order valence-electron chi connectivity index (χ4n) is 4.91. The number of piperazine rings is 1. The van der Waals surface area contributed by atoms with Crippen molar-refractivity contribution in [3.8, 4) is 29.1 Å². The second-order valence-corrected chi connectivity index (χ2v) is 10.8. The number of anilines is 3. The summed E-state index contributed by atoms with van der Waals surface area (Å²) in [7, 11) is 2.11. The lowest BCUT2D eigenvalue weighted by Crippen LogP contribution is -2.44. The molecule has 3 aromatic heterocycles. The molecule has 53 heavy (non-hydrogen) atoms. The van der Waals surface area contributed by atoms with Gasteiger partial charge in [0.1, 0.15) is 35.7 Å². The standard InChI is InChI=1S/C32H33N9O3.3CH2O2/c1-4-43-29-19-26-25(18-27(29)38-31(42)6-5-10-40-14-12-39(3)13-15-40)32(35-20-33-26)37-23-7-8-28(22(2)16-23)44-24-9-11-41-30(17-24)34-21-36-41;3*2-1-3/h7-9,11,16-21H,4,10,12-15H2,1-3H3,(H,38,42)(H,33,35,37);3*1H,(H,2,3). The Bertz CT molecular complexity index is 2020. The zero-order valence-electron chi connectivity index (χ0n) is 29.2. The maximum Gasteiger partial charge on any atom is 0.300 e. The van der Waals surface area contributed by atoms with E-state index in [4.69, 9.17) is 39.2 Å². The van der Waals surface area contributed by atoms with Crippen LogP contribution in [0, 0.1) is 18.8 Å². The maximum absolute atomic E-state index is 12.8. The Morgan fingerprint density at radius 1 is 0.925 bits per heavy atom. The molecule has 0 bridgehead atoms. The van der Waals surface area contributed by atoms with Crippen molar-refractivity contribution in [1.82, 2.24) is 34.4 Å². The van der Waals surface area contributed by atoms with Crippen LogP contribution in [-0.4, -0.2) is 121 Å². The van der Waals surface area contributed by atoms with E-state index in [9.17, 15) is 4.79 Å². The number of nitrogens with zero attached hydrogens (tertiary/aromatic N) is 7. The minimum atomic E-state index is -0.403. The topological polar surface area (TPSA) is 234 Å². The first-order chi connectivity index (χ1) is 25.7. The lowest BCUT2D eigenvalue weighted by Gasteiger charge is -2.30. The Labute approximate surface area is 304 Å². The lowest BCUT2D eigenvalue weighted by molar-refractivity contribution is -0.123. The van der Waals surface area contributed by atoms with Gasteiger partial charge in [-0.3, -0.25) is 24.1 Å². The van der Waals surface area contributed by atoms with Crippen LogP contribution in [0.4, 0.5) is 17.2 Å². The van der Waals surface area contributed by atoms with E-state index in [1.807, 2.05) is 50.2 Å². The van der Waals surface area contributed by atoms with Gasteiger partial charge in [-0.05, 0) is 62.7 Å². The highest BCUT2D eigenvalue weighted by Gasteiger charge is 2.15. The average molecular weight is 730 g/mol. The van der Waals surface area contributed by atoms with Crippen LogP contribution < -0.4 is 20.1 Å². The van der Waals surface area contributed by atoms with Crippen molar-refractivity contribution in [2.45, 2.75) is 13.8 Å². The van der Waals surface area contributed by atoms with E-state index in [-0.39, 0.29) is 19.4 Å². The van der Waals surface area contributed by atoms with E-state index in [1.165, 1.54) is 12.7 Å². The van der Waals surface area contributed by atoms with Crippen LogP contribution in [0.3, 0.4) is 0 Å². The molecule has 0 radical (unpaired) electrons. The van der Waals surface area contributed by atoms with Gasteiger partial charge < -0.3 is 40.3 Å². The molecular formula is C35H39N9O9. The van der Waals surface area contributed by atoms with Crippen LogP contribution >= 0.6 is 0 Å². The maximum atomic E-state index is 12.8. The summed E-state index contributed by atoms with van der Waals surface area (Å²) in [6.45, 7) is 7.98. The fraction of sp³-hybridized carbons (Fsp3) is 0.257. The van der Waals surface area contributed by atoms with Crippen molar-refractivity contribution in [1.29, 1.82) is 0 Å². The molecule has 6 rings (SSSR count). The number of benzene rings is 2. The van der Waals surface area contributed by atoms with Gasteiger partial charge in [-0.15, -0.1) is 0 Å². The van der Waals surface area contributed by atoms with Gasteiger partial charge in [0.25, 0.3) is 25.3 Å². The van der Waals surface area contributed by atoms with Crippen molar-refractivity contribution in [3.05, 3.63) is 66.9 Å². The molecule has 18 nitrogen and oxygen atoms in total. The highest BCUT2D eigenvalue weighted by atomic mass is 16.5. The minimum Gasteiger partial charge on any atom is -0.492 e. The first-order valence-corrected chi connectivity index (χ1v) is 15.9. The molecule has 278 valence electrons. The Morgan fingerprint density at radius 2 is 1.64 bits per heavy atom. The van der Waals surface area contributed by atoms with E-state index in [1.54, 1.807) is 16.8 Å². The zero-order valence-corrected chi connectivity index (χ0v) is 29.2. The number of amides is 1. The summed E-state index contributed by atoms with van der Waals surface area (Å²) in [5.41, 5.74) is 3.62. The van der Waals surface area contributed by atoms with Crippen molar-refractivity contribution in [2.24, 2.45) is 0 Å². The summed E-state index contributed by atoms with van der Waals surface area (Å²) < 4.78 is 13.6. The van der Waals surface area contributed by atoms with E-state index >= 15 is 0 Å². The highest BCUT2D eigenvalue weighted by Crippen LogP contribution is 2.34. The summed E-state index contributed by atoms with van der Waals surface area (Å²) in [5.74, 6) is 7.80. The SMILES string of the molecule is CCOc1cc2ncnc(Nc3ccc(Oc4ccn5ncnc5c4)c(C)c3)c2cc1NC(=O)C#CCN1CCN(C)CC1.O=CO.O=CO.O=CO. The number of likely N-dealkylation sites (N-methyl/N-ethyl adjacent to an activating group) is 1. The molecule has 0 spiro atoms. The van der Waals surface area contributed by atoms with E-state index in [0.29, 0.717) is 53.1 Å². The van der Waals surface area contributed by atoms with Gasteiger partial charge in [-0.2, -0.15) is 5.10 Å². The van der Waals surface area contributed by atoms with Gasteiger partial charge in [0.2, 0.25) is 0 Å². The summed E-state index contributed by atoms with van der Waals surface area (Å²) >= 11 is 0.